The maximum atomic E-state index is 11.3. The van der Waals surface area contributed by atoms with E-state index in [2.05, 4.69) is 10.2 Å². The van der Waals surface area contributed by atoms with Crippen LogP contribution in [0.5, 0.6) is 0 Å². The molecule has 1 heterocycles. The Kier molecular flexibility index (Phi) is 2.92. The van der Waals surface area contributed by atoms with E-state index in [-0.39, 0.29) is 5.56 Å². The van der Waals surface area contributed by atoms with E-state index in [0.29, 0.717) is 23.3 Å². The topological polar surface area (TPSA) is 94.0 Å². The molecule has 0 aliphatic carbocycles. The van der Waals surface area contributed by atoms with Crippen molar-refractivity contribution in [3.8, 4) is 5.69 Å². The minimum Gasteiger partial charge on any atom is -0.478 e. The van der Waals surface area contributed by atoms with Gasteiger partial charge in [-0.1, -0.05) is 18.2 Å². The molecule has 0 saturated heterocycles. The number of hydrogen-bond acceptors (Lipinski definition) is 4. The molecule has 0 amide bonds. The van der Waals surface area contributed by atoms with Crippen LogP contribution in [0, 0.1) is 0 Å². The molecule has 0 aliphatic rings. The SMILES string of the molecule is NCc1ccc(C(=O)O)c(-n2nc3ccccc3n2)c1. The van der Waals surface area contributed by atoms with Crippen LogP contribution in [-0.4, -0.2) is 26.1 Å². The lowest BCUT2D eigenvalue weighted by Crippen LogP contribution is -2.09. The number of benzene rings is 2. The average molecular weight is 268 g/mol. The van der Waals surface area contributed by atoms with Crippen LogP contribution < -0.4 is 5.73 Å². The number of aromatic nitrogens is 3. The highest BCUT2D eigenvalue weighted by molar-refractivity contribution is 5.92. The molecule has 20 heavy (non-hydrogen) atoms. The molecule has 1 aromatic heterocycles. The summed E-state index contributed by atoms with van der Waals surface area (Å²) in [5, 5.41) is 17.9. The predicted octanol–water partition coefficient (Wildman–Crippen LogP) is 1.58. The van der Waals surface area contributed by atoms with E-state index in [1.807, 2.05) is 24.3 Å². The number of carboxylic acids is 1. The number of nitrogens with two attached hydrogens (primary N) is 1. The second-order valence-electron chi connectivity index (χ2n) is 4.34. The second kappa shape index (κ2) is 4.75. The van der Waals surface area contributed by atoms with Gasteiger partial charge in [0.25, 0.3) is 0 Å². The quantitative estimate of drug-likeness (QED) is 0.752. The van der Waals surface area contributed by atoms with Crippen LogP contribution in [0.2, 0.25) is 0 Å². The molecule has 3 aromatic rings. The smallest absolute Gasteiger partial charge is 0.337 e. The van der Waals surface area contributed by atoms with Crippen molar-refractivity contribution in [2.75, 3.05) is 0 Å². The Morgan fingerprint density at radius 3 is 2.35 bits per heavy atom. The zero-order chi connectivity index (χ0) is 14.1. The Balaban J connectivity index is 2.23. The van der Waals surface area contributed by atoms with E-state index in [1.165, 1.54) is 10.9 Å². The summed E-state index contributed by atoms with van der Waals surface area (Å²) >= 11 is 0. The summed E-state index contributed by atoms with van der Waals surface area (Å²) in [6, 6.07) is 12.3. The summed E-state index contributed by atoms with van der Waals surface area (Å²) < 4.78 is 0. The number of nitrogens with zero attached hydrogens (tertiary/aromatic N) is 3. The first-order valence-electron chi connectivity index (χ1n) is 6.08. The van der Waals surface area contributed by atoms with Gasteiger partial charge < -0.3 is 10.8 Å². The van der Waals surface area contributed by atoms with Crippen LogP contribution in [0.3, 0.4) is 0 Å². The van der Waals surface area contributed by atoms with E-state index < -0.39 is 5.97 Å². The molecule has 0 atom stereocenters. The van der Waals surface area contributed by atoms with E-state index in [0.717, 1.165) is 5.56 Å². The Hall–Kier alpha value is -2.73. The van der Waals surface area contributed by atoms with Crippen molar-refractivity contribution < 1.29 is 9.90 Å². The van der Waals surface area contributed by atoms with Gasteiger partial charge in [0.15, 0.2) is 0 Å². The standard InChI is InChI=1S/C14H12N4O2/c15-8-9-5-6-10(14(19)20)13(7-9)18-16-11-3-1-2-4-12(11)17-18/h1-7H,8,15H2,(H,19,20). The molecule has 3 rings (SSSR count). The summed E-state index contributed by atoms with van der Waals surface area (Å²) in [7, 11) is 0. The van der Waals surface area contributed by atoms with Gasteiger partial charge in [0.05, 0.1) is 5.56 Å². The van der Waals surface area contributed by atoms with E-state index in [4.69, 9.17) is 5.73 Å². The summed E-state index contributed by atoms with van der Waals surface area (Å²) in [6.07, 6.45) is 0. The second-order valence-corrected chi connectivity index (χ2v) is 4.34. The maximum absolute atomic E-state index is 11.3. The van der Waals surface area contributed by atoms with Crippen molar-refractivity contribution in [2.24, 2.45) is 5.73 Å². The van der Waals surface area contributed by atoms with Crippen LogP contribution in [0.4, 0.5) is 0 Å². The van der Waals surface area contributed by atoms with Crippen LogP contribution in [0.1, 0.15) is 15.9 Å². The van der Waals surface area contributed by atoms with Crippen LogP contribution in [0.15, 0.2) is 42.5 Å². The van der Waals surface area contributed by atoms with Crippen molar-refractivity contribution in [1.29, 1.82) is 0 Å². The molecule has 3 N–H and O–H groups in total. The molecular weight excluding hydrogens is 256 g/mol. The monoisotopic (exact) mass is 268 g/mol. The Morgan fingerprint density at radius 2 is 1.80 bits per heavy atom. The summed E-state index contributed by atoms with van der Waals surface area (Å²) in [6.45, 7) is 0.327. The number of rotatable bonds is 3. The first kappa shape index (κ1) is 12.3. The Bertz CT molecular complexity index is 762. The molecule has 0 unspecified atom stereocenters. The number of hydrogen-bond donors (Lipinski definition) is 2. The summed E-state index contributed by atoms with van der Waals surface area (Å²) in [5.41, 5.74) is 8.40. The fraction of sp³-hybridized carbons (Fsp3) is 0.0714. The van der Waals surface area contributed by atoms with Crippen LogP contribution >= 0.6 is 0 Å². The van der Waals surface area contributed by atoms with Crippen molar-refractivity contribution >= 4 is 17.0 Å². The normalized spacial score (nSPS) is 10.8. The van der Waals surface area contributed by atoms with E-state index in [9.17, 15) is 9.90 Å². The first-order valence-corrected chi connectivity index (χ1v) is 6.08. The lowest BCUT2D eigenvalue weighted by molar-refractivity contribution is 0.0696. The Morgan fingerprint density at radius 1 is 1.15 bits per heavy atom. The van der Waals surface area contributed by atoms with Crippen molar-refractivity contribution in [2.45, 2.75) is 6.54 Å². The molecule has 6 heteroatoms. The molecule has 2 aromatic carbocycles. The van der Waals surface area contributed by atoms with Gasteiger partial charge in [-0.3, -0.25) is 0 Å². The van der Waals surface area contributed by atoms with Gasteiger partial charge in [0.1, 0.15) is 16.7 Å². The molecular formula is C14H12N4O2. The van der Waals surface area contributed by atoms with Gasteiger partial charge in [-0.15, -0.1) is 15.0 Å². The van der Waals surface area contributed by atoms with Gasteiger partial charge in [0, 0.05) is 6.54 Å². The molecule has 6 nitrogen and oxygen atoms in total. The summed E-state index contributed by atoms with van der Waals surface area (Å²) in [4.78, 5) is 12.7. The molecule has 0 spiro atoms. The van der Waals surface area contributed by atoms with Gasteiger partial charge in [-0.25, -0.2) is 4.79 Å². The molecule has 0 aliphatic heterocycles. The van der Waals surface area contributed by atoms with Gasteiger partial charge >= 0.3 is 5.97 Å². The fourth-order valence-corrected chi connectivity index (χ4v) is 2.02. The maximum Gasteiger partial charge on any atom is 0.337 e. The fourth-order valence-electron chi connectivity index (χ4n) is 2.02. The third-order valence-electron chi connectivity index (χ3n) is 3.03. The zero-order valence-corrected chi connectivity index (χ0v) is 10.5. The zero-order valence-electron chi connectivity index (χ0n) is 10.5. The molecule has 0 bridgehead atoms. The van der Waals surface area contributed by atoms with Crippen molar-refractivity contribution in [3.63, 3.8) is 0 Å². The number of aromatic carboxylic acids is 1. The molecule has 100 valence electrons. The molecule has 0 radical (unpaired) electrons. The Labute approximate surface area is 114 Å². The molecule has 0 saturated carbocycles. The third-order valence-corrected chi connectivity index (χ3v) is 3.03. The number of fused-ring (bicyclic) bond motifs is 1. The summed E-state index contributed by atoms with van der Waals surface area (Å²) in [5.74, 6) is -1.02. The van der Waals surface area contributed by atoms with E-state index in [1.54, 1.807) is 12.1 Å². The number of carbonyl (C=O) groups is 1. The largest absolute Gasteiger partial charge is 0.478 e. The highest BCUT2D eigenvalue weighted by atomic mass is 16.4. The lowest BCUT2D eigenvalue weighted by atomic mass is 10.1. The first-order chi connectivity index (χ1) is 9.69. The highest BCUT2D eigenvalue weighted by Crippen LogP contribution is 2.18. The molecule has 0 fully saturated rings. The lowest BCUT2D eigenvalue weighted by Gasteiger charge is -2.06. The number of carboxylic acid groups (broad SMARTS) is 1. The minimum absolute atomic E-state index is 0.141. The van der Waals surface area contributed by atoms with Crippen molar-refractivity contribution in [3.05, 3.63) is 53.6 Å². The van der Waals surface area contributed by atoms with E-state index >= 15 is 0 Å². The van der Waals surface area contributed by atoms with Crippen LogP contribution in [0.25, 0.3) is 16.7 Å². The highest BCUT2D eigenvalue weighted by Gasteiger charge is 2.14. The van der Waals surface area contributed by atoms with Crippen LogP contribution in [-0.2, 0) is 6.54 Å². The van der Waals surface area contributed by atoms with Crippen molar-refractivity contribution in [1.82, 2.24) is 15.0 Å². The third kappa shape index (κ3) is 2.02. The average Bonchev–Trinajstić information content (AvgIpc) is 2.90. The predicted molar refractivity (Wildman–Crippen MR) is 73.7 cm³/mol. The minimum atomic E-state index is -1.02. The van der Waals surface area contributed by atoms with Gasteiger partial charge in [0.2, 0.25) is 0 Å². The van der Waals surface area contributed by atoms with Gasteiger partial charge in [-0.05, 0) is 29.8 Å². The van der Waals surface area contributed by atoms with Gasteiger partial charge in [-0.2, -0.15) is 0 Å².